The molecule has 3 nitrogen and oxygen atoms in total. The van der Waals surface area contributed by atoms with Gasteiger partial charge >= 0.3 is 5.97 Å². The van der Waals surface area contributed by atoms with Crippen molar-refractivity contribution in [3.05, 3.63) is 35.9 Å². The lowest BCUT2D eigenvalue weighted by molar-refractivity contribution is -0.143. The Morgan fingerprint density at radius 2 is 2.18 bits per heavy atom. The van der Waals surface area contributed by atoms with E-state index in [0.29, 0.717) is 5.25 Å². The van der Waals surface area contributed by atoms with Gasteiger partial charge in [0.25, 0.3) is 0 Å². The third-order valence-corrected chi connectivity index (χ3v) is 4.12. The molecular weight excluding hydrogens is 234 g/mol. The highest BCUT2D eigenvalue weighted by Gasteiger charge is 2.30. The molecule has 0 radical (unpaired) electrons. The van der Waals surface area contributed by atoms with Gasteiger partial charge < -0.3 is 5.11 Å². The first-order chi connectivity index (χ1) is 8.18. The molecule has 1 aromatic rings. The van der Waals surface area contributed by atoms with Gasteiger partial charge in [-0.25, -0.2) is 0 Å². The second-order valence-electron chi connectivity index (χ2n) is 4.33. The Labute approximate surface area is 106 Å². The van der Waals surface area contributed by atoms with Crippen LogP contribution in [0.4, 0.5) is 0 Å². The normalized spacial score (nSPS) is 23.2. The third kappa shape index (κ3) is 3.01. The summed E-state index contributed by atoms with van der Waals surface area (Å²) in [6.45, 7) is 3.85. The molecule has 17 heavy (non-hydrogen) atoms. The van der Waals surface area contributed by atoms with Gasteiger partial charge in [0.05, 0.1) is 0 Å². The molecule has 2 rings (SSSR count). The molecule has 1 heterocycles. The van der Waals surface area contributed by atoms with E-state index < -0.39 is 12.0 Å². The zero-order valence-corrected chi connectivity index (χ0v) is 10.7. The van der Waals surface area contributed by atoms with E-state index >= 15 is 0 Å². The summed E-state index contributed by atoms with van der Waals surface area (Å²) in [5.41, 5.74) is 0.874. The Bertz CT molecular complexity index is 382. The SMILES string of the molecule is CC1CN(C(C(=O)O)c2ccccc2)CCS1. The first-order valence-corrected chi connectivity index (χ1v) is 6.87. The van der Waals surface area contributed by atoms with E-state index in [1.54, 1.807) is 0 Å². The molecule has 1 saturated heterocycles. The number of nitrogens with zero attached hydrogens (tertiary/aromatic N) is 1. The summed E-state index contributed by atoms with van der Waals surface area (Å²) < 4.78 is 0. The number of carbonyl (C=O) groups is 1. The van der Waals surface area contributed by atoms with Crippen molar-refractivity contribution in [2.75, 3.05) is 18.8 Å². The topological polar surface area (TPSA) is 40.5 Å². The number of thioether (sulfide) groups is 1. The van der Waals surface area contributed by atoms with Gasteiger partial charge in [0, 0.05) is 24.1 Å². The van der Waals surface area contributed by atoms with Crippen molar-refractivity contribution in [3.63, 3.8) is 0 Å². The maximum atomic E-state index is 11.5. The molecule has 0 aromatic heterocycles. The van der Waals surface area contributed by atoms with E-state index in [2.05, 4.69) is 11.8 Å². The highest BCUT2D eigenvalue weighted by molar-refractivity contribution is 7.99. The predicted molar refractivity (Wildman–Crippen MR) is 70.3 cm³/mol. The summed E-state index contributed by atoms with van der Waals surface area (Å²) in [4.78, 5) is 13.5. The zero-order chi connectivity index (χ0) is 12.3. The largest absolute Gasteiger partial charge is 0.480 e. The fourth-order valence-corrected chi connectivity index (χ4v) is 3.26. The molecule has 4 heteroatoms. The second-order valence-corrected chi connectivity index (χ2v) is 5.87. The molecule has 0 aliphatic carbocycles. The van der Waals surface area contributed by atoms with Crippen molar-refractivity contribution < 1.29 is 9.90 Å². The van der Waals surface area contributed by atoms with E-state index in [1.165, 1.54) is 0 Å². The standard InChI is InChI=1S/C13H17NO2S/c1-10-9-14(7-8-17-10)12(13(15)16)11-5-3-2-4-6-11/h2-6,10,12H,7-9H2,1H3,(H,15,16). The number of hydrogen-bond acceptors (Lipinski definition) is 3. The zero-order valence-electron chi connectivity index (χ0n) is 9.87. The molecule has 2 atom stereocenters. The molecule has 1 aliphatic heterocycles. The molecule has 2 unspecified atom stereocenters. The van der Waals surface area contributed by atoms with Crippen LogP contribution in [0.2, 0.25) is 0 Å². The van der Waals surface area contributed by atoms with Gasteiger partial charge in [-0.3, -0.25) is 9.69 Å². The molecule has 0 saturated carbocycles. The van der Waals surface area contributed by atoms with Crippen LogP contribution < -0.4 is 0 Å². The van der Waals surface area contributed by atoms with Crippen molar-refractivity contribution >= 4 is 17.7 Å². The van der Waals surface area contributed by atoms with Crippen LogP contribution in [0.15, 0.2) is 30.3 Å². The van der Waals surface area contributed by atoms with Gasteiger partial charge in [0.15, 0.2) is 0 Å². The Kier molecular flexibility index (Phi) is 4.07. The van der Waals surface area contributed by atoms with Crippen LogP contribution in [-0.2, 0) is 4.79 Å². The van der Waals surface area contributed by atoms with E-state index in [4.69, 9.17) is 0 Å². The van der Waals surface area contributed by atoms with E-state index in [-0.39, 0.29) is 0 Å². The quantitative estimate of drug-likeness (QED) is 0.894. The Hall–Kier alpha value is -1.00. The molecule has 92 valence electrons. The number of aliphatic carboxylic acids is 1. The minimum atomic E-state index is -0.754. The van der Waals surface area contributed by atoms with Crippen LogP contribution in [0.5, 0.6) is 0 Å². The molecular formula is C13H17NO2S. The Morgan fingerprint density at radius 3 is 2.76 bits per heavy atom. The van der Waals surface area contributed by atoms with Crippen molar-refractivity contribution in [3.8, 4) is 0 Å². The summed E-state index contributed by atoms with van der Waals surface area (Å²) in [6, 6.07) is 8.99. The second kappa shape index (κ2) is 5.56. The van der Waals surface area contributed by atoms with Gasteiger partial charge in [0.1, 0.15) is 6.04 Å². The molecule has 0 amide bonds. The average Bonchev–Trinajstić information content (AvgIpc) is 2.30. The summed E-state index contributed by atoms with van der Waals surface area (Å²) in [5, 5.41) is 9.93. The maximum absolute atomic E-state index is 11.5. The first-order valence-electron chi connectivity index (χ1n) is 5.82. The van der Waals surface area contributed by atoms with Gasteiger partial charge in [-0.05, 0) is 5.56 Å². The lowest BCUT2D eigenvalue weighted by Gasteiger charge is -2.35. The van der Waals surface area contributed by atoms with Crippen molar-refractivity contribution in [2.24, 2.45) is 0 Å². The highest BCUT2D eigenvalue weighted by Crippen LogP contribution is 2.27. The van der Waals surface area contributed by atoms with Gasteiger partial charge in [-0.15, -0.1) is 0 Å². The summed E-state index contributed by atoms with van der Waals surface area (Å²) >= 11 is 1.91. The van der Waals surface area contributed by atoms with Gasteiger partial charge in [-0.2, -0.15) is 11.8 Å². The molecule has 1 aromatic carbocycles. The molecule has 1 fully saturated rings. The number of benzene rings is 1. The number of hydrogen-bond donors (Lipinski definition) is 1. The van der Waals surface area contributed by atoms with Crippen LogP contribution in [0.25, 0.3) is 0 Å². The molecule has 0 spiro atoms. The van der Waals surface area contributed by atoms with Crippen molar-refractivity contribution in [1.29, 1.82) is 0 Å². The van der Waals surface area contributed by atoms with E-state index in [1.807, 2.05) is 42.1 Å². The fourth-order valence-electron chi connectivity index (χ4n) is 2.22. The van der Waals surface area contributed by atoms with Crippen LogP contribution in [-0.4, -0.2) is 40.1 Å². The smallest absolute Gasteiger partial charge is 0.325 e. The monoisotopic (exact) mass is 251 g/mol. The van der Waals surface area contributed by atoms with E-state index in [9.17, 15) is 9.90 Å². The summed E-state index contributed by atoms with van der Waals surface area (Å²) in [6.07, 6.45) is 0. The minimum Gasteiger partial charge on any atom is -0.480 e. The number of carboxylic acid groups (broad SMARTS) is 1. The first kappa shape index (κ1) is 12.5. The average molecular weight is 251 g/mol. The predicted octanol–water partition coefficient (Wildman–Crippen LogP) is 2.25. The number of carboxylic acids is 1. The van der Waals surface area contributed by atoms with E-state index in [0.717, 1.165) is 24.4 Å². The number of rotatable bonds is 3. The van der Waals surface area contributed by atoms with Crippen LogP contribution >= 0.6 is 11.8 Å². The maximum Gasteiger partial charge on any atom is 0.325 e. The van der Waals surface area contributed by atoms with Gasteiger partial charge in [-0.1, -0.05) is 37.3 Å². The molecule has 1 aliphatic rings. The summed E-state index contributed by atoms with van der Waals surface area (Å²) in [7, 11) is 0. The third-order valence-electron chi connectivity index (χ3n) is 2.99. The Morgan fingerprint density at radius 1 is 1.47 bits per heavy atom. The Balaban J connectivity index is 2.20. The van der Waals surface area contributed by atoms with Gasteiger partial charge in [0.2, 0.25) is 0 Å². The van der Waals surface area contributed by atoms with Crippen LogP contribution in [0, 0.1) is 0 Å². The van der Waals surface area contributed by atoms with Crippen LogP contribution in [0.1, 0.15) is 18.5 Å². The molecule has 0 bridgehead atoms. The highest BCUT2D eigenvalue weighted by atomic mass is 32.2. The lowest BCUT2D eigenvalue weighted by atomic mass is 10.1. The van der Waals surface area contributed by atoms with Crippen molar-refractivity contribution in [2.45, 2.75) is 18.2 Å². The minimum absolute atomic E-state index is 0.500. The summed E-state index contributed by atoms with van der Waals surface area (Å²) in [5.74, 6) is 0.257. The van der Waals surface area contributed by atoms with Crippen LogP contribution in [0.3, 0.4) is 0 Å². The van der Waals surface area contributed by atoms with Crippen molar-refractivity contribution in [1.82, 2.24) is 4.90 Å². The lowest BCUT2D eigenvalue weighted by Crippen LogP contribution is -2.42. The fraction of sp³-hybridized carbons (Fsp3) is 0.462. The molecule has 1 N–H and O–H groups in total.